The number of fused-ring (bicyclic) bond motifs is 2. The molecular weight excluding hydrogens is 953 g/mol. The van der Waals surface area contributed by atoms with Gasteiger partial charge in [-0.3, -0.25) is 32.5 Å². The summed E-state index contributed by atoms with van der Waals surface area (Å²) in [5, 5.41) is 27.9. The molecular formula is C37H55N8O17P3S. The zero-order chi connectivity index (χ0) is 48.7. The summed E-state index contributed by atoms with van der Waals surface area (Å²) < 4.78 is 62.1. The van der Waals surface area contributed by atoms with Crippen molar-refractivity contribution in [3.63, 3.8) is 0 Å². The highest BCUT2D eigenvalue weighted by Crippen LogP contribution is 2.61. The van der Waals surface area contributed by atoms with Gasteiger partial charge in [0.2, 0.25) is 11.8 Å². The van der Waals surface area contributed by atoms with Gasteiger partial charge in [-0.25, -0.2) is 28.6 Å². The van der Waals surface area contributed by atoms with E-state index < -0.39 is 78.6 Å². The topological polar surface area (TPSA) is 379 Å². The summed E-state index contributed by atoms with van der Waals surface area (Å²) in [6, 6.07) is 8.02. The number of amides is 2. The summed E-state index contributed by atoms with van der Waals surface area (Å²) >= 11 is 1.55. The van der Waals surface area contributed by atoms with Crippen molar-refractivity contribution in [2.75, 3.05) is 37.8 Å². The summed E-state index contributed by atoms with van der Waals surface area (Å²) in [6.07, 6.45) is -2.55. The highest BCUT2D eigenvalue weighted by atomic mass is 32.2. The van der Waals surface area contributed by atoms with Gasteiger partial charge in [-0.1, -0.05) is 45.9 Å². The maximum atomic E-state index is 12.8. The number of nitrogen functional groups attached to an aromatic ring is 1. The number of hydrogen-bond acceptors (Lipinski definition) is 18. The molecule has 29 heteroatoms. The second-order valence-electron chi connectivity index (χ2n) is 16.6. The van der Waals surface area contributed by atoms with E-state index in [2.05, 4.69) is 45.5 Å². The maximum Gasteiger partial charge on any atom is 0.481 e. The van der Waals surface area contributed by atoms with E-state index in [-0.39, 0.29) is 46.4 Å². The Morgan fingerprint density at radius 1 is 1.00 bits per heavy atom. The molecule has 0 radical (unpaired) electrons. The predicted octanol–water partition coefficient (Wildman–Crippen LogP) is 2.38. The normalized spacial score (nSPS) is 20.5. The molecule has 0 aliphatic carbocycles. The molecule has 3 aromatic heterocycles. The van der Waals surface area contributed by atoms with E-state index in [1.807, 2.05) is 38.2 Å². The number of carbonyl (C=O) groups excluding carboxylic acids is 3. The van der Waals surface area contributed by atoms with E-state index in [9.17, 15) is 57.9 Å². The fourth-order valence-electron chi connectivity index (χ4n) is 6.89. The molecule has 25 nitrogen and oxygen atoms in total. The van der Waals surface area contributed by atoms with Crippen LogP contribution in [0.15, 0.2) is 43.1 Å². The minimum absolute atomic E-state index is 0.0309. The Bertz CT molecular complexity index is 2480. The number of H-pyrrole nitrogens is 1. The van der Waals surface area contributed by atoms with Crippen molar-refractivity contribution in [3.8, 4) is 0 Å². The van der Waals surface area contributed by atoms with Crippen LogP contribution in [-0.2, 0) is 57.1 Å². The lowest BCUT2D eigenvalue weighted by atomic mass is 9.87. The highest BCUT2D eigenvalue weighted by molar-refractivity contribution is 8.00. The number of nitrogens with zero attached hydrogens (tertiary/aromatic N) is 4. The first-order chi connectivity index (χ1) is 30.8. The van der Waals surface area contributed by atoms with E-state index in [0.29, 0.717) is 25.1 Å². The van der Waals surface area contributed by atoms with E-state index in [4.69, 9.17) is 19.5 Å². The summed E-state index contributed by atoms with van der Waals surface area (Å²) in [5.74, 6) is -0.703. The minimum atomic E-state index is -5.58. The number of nitrogens with one attached hydrogen (secondary N) is 3. The Labute approximate surface area is 382 Å². The number of aliphatic hydroxyl groups is 2. The fourth-order valence-corrected chi connectivity index (χ4v) is 10.7. The van der Waals surface area contributed by atoms with Crippen molar-refractivity contribution in [2.24, 2.45) is 5.41 Å². The Morgan fingerprint density at radius 3 is 2.44 bits per heavy atom. The monoisotopic (exact) mass is 1010 g/mol. The average Bonchev–Trinajstić information content (AvgIpc) is 3.92. The van der Waals surface area contributed by atoms with Gasteiger partial charge in [-0.05, 0) is 24.5 Å². The number of para-hydroxylation sites is 1. The molecule has 4 heterocycles. The van der Waals surface area contributed by atoms with Gasteiger partial charge in [0, 0.05) is 65.4 Å². The van der Waals surface area contributed by atoms with Crippen LogP contribution in [0.4, 0.5) is 5.82 Å². The molecule has 366 valence electrons. The van der Waals surface area contributed by atoms with Crippen LogP contribution < -0.4 is 16.4 Å². The van der Waals surface area contributed by atoms with Crippen LogP contribution in [0.25, 0.3) is 22.1 Å². The van der Waals surface area contributed by atoms with E-state index in [0.717, 1.165) is 41.0 Å². The Balaban J connectivity index is 0.992. The summed E-state index contributed by atoms with van der Waals surface area (Å²) in [5.41, 5.74) is 6.52. The van der Waals surface area contributed by atoms with Gasteiger partial charge in [-0.2, -0.15) is 16.1 Å². The molecule has 0 spiro atoms. The van der Waals surface area contributed by atoms with E-state index >= 15 is 0 Å². The SMILES string of the molecule is CC(C)(CC(=O)CCCc1c[nH]c2ccccc12)SCCNC(=O)CCNC(=O)C(O)C(C)(C)COP(=O)(O)OP(=O)(O)OCC1OC(n2cnc3c(N)ncnc32)C(O)C1OP(=O)(O)O. The number of carbonyl (C=O) groups is 3. The fraction of sp³-hybridized carbons (Fsp3) is 0.568. The number of thioether (sulfide) groups is 1. The molecule has 1 aliphatic heterocycles. The molecule has 5 rings (SSSR count). The minimum Gasteiger partial charge on any atom is -0.386 e. The molecule has 0 bridgehead atoms. The lowest BCUT2D eigenvalue weighted by Gasteiger charge is -2.30. The third kappa shape index (κ3) is 15.2. The second-order valence-corrected chi connectivity index (χ2v) is 22.6. The first kappa shape index (κ1) is 53.3. The van der Waals surface area contributed by atoms with Gasteiger partial charge in [0.25, 0.3) is 0 Å². The smallest absolute Gasteiger partial charge is 0.386 e. The highest BCUT2D eigenvalue weighted by Gasteiger charge is 2.50. The zero-order valence-corrected chi connectivity index (χ0v) is 39.8. The number of aryl methyl sites for hydroxylation is 1. The molecule has 1 fully saturated rings. The molecule has 2 amide bonds. The van der Waals surface area contributed by atoms with Crippen LogP contribution in [0.3, 0.4) is 0 Å². The number of benzene rings is 1. The number of Topliss-reactive ketones (excluding diaryl/α,β-unsaturated/α-hetero) is 1. The van der Waals surface area contributed by atoms with Crippen molar-refractivity contribution in [3.05, 3.63) is 48.7 Å². The molecule has 4 aromatic rings. The van der Waals surface area contributed by atoms with Gasteiger partial charge in [-0.15, -0.1) is 0 Å². The van der Waals surface area contributed by atoms with Gasteiger partial charge in [0.15, 0.2) is 17.7 Å². The molecule has 7 unspecified atom stereocenters. The van der Waals surface area contributed by atoms with Crippen LogP contribution in [0.5, 0.6) is 0 Å². The van der Waals surface area contributed by atoms with Crippen molar-refractivity contribution in [2.45, 2.75) is 95.2 Å². The van der Waals surface area contributed by atoms with Crippen molar-refractivity contribution >= 4 is 80.7 Å². The molecule has 66 heavy (non-hydrogen) atoms. The average molecular weight is 1010 g/mol. The Morgan fingerprint density at radius 2 is 1.71 bits per heavy atom. The number of nitrogens with two attached hydrogens (primary N) is 1. The number of aromatic nitrogens is 5. The molecule has 0 saturated carbocycles. The first-order valence-corrected chi connectivity index (χ1v) is 25.9. The van der Waals surface area contributed by atoms with Crippen LogP contribution in [0.1, 0.15) is 65.2 Å². The number of ketones is 1. The summed E-state index contributed by atoms with van der Waals surface area (Å²) in [7, 11) is -16.4. The van der Waals surface area contributed by atoms with Crippen molar-refractivity contribution < 1.29 is 80.5 Å². The van der Waals surface area contributed by atoms with Crippen LogP contribution in [0, 0.1) is 5.41 Å². The number of ether oxygens (including phenoxy) is 1. The zero-order valence-electron chi connectivity index (χ0n) is 36.3. The largest absolute Gasteiger partial charge is 0.481 e. The number of phosphoric ester groups is 3. The quantitative estimate of drug-likeness (QED) is 0.0319. The number of hydrogen-bond donors (Lipinski definition) is 10. The number of rotatable bonds is 26. The number of imidazole rings is 1. The van der Waals surface area contributed by atoms with Gasteiger partial charge in [0.1, 0.15) is 42.0 Å². The third-order valence-corrected chi connectivity index (χ3v) is 14.6. The van der Waals surface area contributed by atoms with E-state index in [1.165, 1.54) is 19.4 Å². The Kier molecular flexibility index (Phi) is 17.9. The molecule has 1 aliphatic rings. The van der Waals surface area contributed by atoms with Gasteiger partial charge in [0.05, 0.1) is 19.5 Å². The lowest BCUT2D eigenvalue weighted by Crippen LogP contribution is -2.46. The number of phosphoric acid groups is 3. The molecule has 1 saturated heterocycles. The lowest BCUT2D eigenvalue weighted by molar-refractivity contribution is -0.137. The second kappa shape index (κ2) is 22.2. The summed E-state index contributed by atoms with van der Waals surface area (Å²) in [4.78, 5) is 92.4. The van der Waals surface area contributed by atoms with Crippen LogP contribution in [-0.4, -0.2) is 133 Å². The third-order valence-electron chi connectivity index (χ3n) is 10.2. The van der Waals surface area contributed by atoms with E-state index in [1.54, 1.807) is 11.8 Å². The molecule has 1 aromatic carbocycles. The van der Waals surface area contributed by atoms with Crippen LogP contribution >= 0.6 is 35.2 Å². The predicted molar refractivity (Wildman–Crippen MR) is 237 cm³/mol. The van der Waals surface area contributed by atoms with Crippen LogP contribution in [0.2, 0.25) is 0 Å². The van der Waals surface area contributed by atoms with Crippen molar-refractivity contribution in [1.29, 1.82) is 0 Å². The summed E-state index contributed by atoms with van der Waals surface area (Å²) in [6.45, 7) is 4.58. The number of aliphatic hydroxyl groups excluding tert-OH is 2. The standard InChI is InChI=1S/C37H55N8O17P3S/c1-36(2,31(49)34(50)40-13-12-27(47)39-14-15-66-37(3,4)16-23(46)9-7-8-22-17-41-25-11-6-5-10-24(22)25)19-59-65(56,57)62-64(54,55)58-18-26-30(61-63(51,52)53)29(48)35(60-26)45-21-44-28-32(38)42-20-43-33(28)45/h5-6,10-11,17,20-21,26,29-31,35,41,48-49H,7-9,12-16,18-19H2,1-4H3,(H,39,47)(H,40,50)(H,54,55)(H,56,57)(H2,38,42,43)(H2,51,52,53). The Hall–Kier alpha value is -3.68. The molecule has 7 atom stereocenters. The molecule has 11 N–H and O–H groups in total. The first-order valence-electron chi connectivity index (χ1n) is 20.4. The van der Waals surface area contributed by atoms with Gasteiger partial charge >= 0.3 is 23.5 Å². The van der Waals surface area contributed by atoms with Crippen molar-refractivity contribution in [1.82, 2.24) is 35.1 Å². The van der Waals surface area contributed by atoms with Gasteiger partial charge < -0.3 is 55.9 Å². The number of aromatic amines is 1. The maximum absolute atomic E-state index is 12.8. The number of anilines is 1.